The molecule has 158 valence electrons. The van der Waals surface area contributed by atoms with Crippen LogP contribution >= 0.6 is 0 Å². The Kier molecular flexibility index (Phi) is 5.69. The number of H-pyrrole nitrogens is 1. The molecule has 8 nitrogen and oxygen atoms in total. The van der Waals surface area contributed by atoms with Crippen LogP contribution in [0.15, 0.2) is 48.7 Å². The summed E-state index contributed by atoms with van der Waals surface area (Å²) in [7, 11) is -3.49. The summed E-state index contributed by atoms with van der Waals surface area (Å²) in [5.41, 5.74) is 0.900. The molecule has 1 amide bonds. The number of fused-ring (bicyclic) bond motifs is 1. The van der Waals surface area contributed by atoms with Gasteiger partial charge in [-0.15, -0.1) is 0 Å². The number of benzene rings is 1. The van der Waals surface area contributed by atoms with Gasteiger partial charge in [0.15, 0.2) is 0 Å². The van der Waals surface area contributed by atoms with E-state index in [1.807, 2.05) is 23.1 Å². The van der Waals surface area contributed by atoms with Crippen molar-refractivity contribution in [3.63, 3.8) is 0 Å². The molecule has 1 fully saturated rings. The molecule has 0 saturated carbocycles. The third kappa shape index (κ3) is 4.44. The summed E-state index contributed by atoms with van der Waals surface area (Å²) in [5, 5.41) is 3.20. The van der Waals surface area contributed by atoms with Crippen molar-refractivity contribution >= 4 is 32.7 Å². The second-order valence-electron chi connectivity index (χ2n) is 7.06. The van der Waals surface area contributed by atoms with E-state index in [2.05, 4.69) is 15.3 Å². The fourth-order valence-corrected chi connectivity index (χ4v) is 4.82. The predicted octanol–water partition coefficient (Wildman–Crippen LogP) is 1.58. The first-order valence-electron chi connectivity index (χ1n) is 9.63. The lowest BCUT2D eigenvalue weighted by Crippen LogP contribution is -2.50. The summed E-state index contributed by atoms with van der Waals surface area (Å²) in [5.74, 6) is -0.165. The number of anilines is 1. The van der Waals surface area contributed by atoms with E-state index in [4.69, 9.17) is 0 Å². The highest BCUT2D eigenvalue weighted by molar-refractivity contribution is 7.89. The lowest BCUT2D eigenvalue weighted by atomic mass is 10.2. The molecule has 0 unspecified atom stereocenters. The van der Waals surface area contributed by atoms with Crippen LogP contribution in [-0.2, 0) is 10.0 Å². The van der Waals surface area contributed by atoms with Gasteiger partial charge in [0.2, 0.25) is 10.0 Å². The molecule has 0 atom stereocenters. The molecular weight excluding hydrogens is 409 g/mol. The molecule has 0 spiro atoms. The van der Waals surface area contributed by atoms with E-state index < -0.39 is 15.9 Å². The van der Waals surface area contributed by atoms with Crippen molar-refractivity contribution in [1.29, 1.82) is 0 Å². The van der Waals surface area contributed by atoms with E-state index in [1.54, 1.807) is 18.3 Å². The number of hydrogen-bond acceptors (Lipinski definition) is 5. The Hall–Kier alpha value is -2.98. The normalized spacial score (nSPS) is 15.4. The molecule has 3 heterocycles. The second kappa shape index (κ2) is 8.41. The van der Waals surface area contributed by atoms with Crippen molar-refractivity contribution < 1.29 is 17.6 Å². The zero-order valence-electron chi connectivity index (χ0n) is 16.2. The van der Waals surface area contributed by atoms with Crippen LogP contribution in [0.3, 0.4) is 0 Å². The second-order valence-corrected chi connectivity index (χ2v) is 9.15. The molecule has 1 aliphatic rings. The SMILES string of the molecule is O=C(NCCS(=O)(=O)N1CCN(c2ccccn2)CC1)c1cc2cc(F)ccc2[nH]1. The number of halogens is 1. The molecule has 4 rings (SSSR count). The molecule has 3 aromatic rings. The molecule has 0 aliphatic carbocycles. The number of carbonyl (C=O) groups is 1. The van der Waals surface area contributed by atoms with Crippen molar-refractivity contribution in [2.75, 3.05) is 43.4 Å². The molecule has 2 N–H and O–H groups in total. The summed E-state index contributed by atoms with van der Waals surface area (Å²) in [4.78, 5) is 21.5. The number of piperazine rings is 1. The highest BCUT2D eigenvalue weighted by Crippen LogP contribution is 2.17. The maximum atomic E-state index is 13.3. The van der Waals surface area contributed by atoms with E-state index in [-0.39, 0.29) is 23.8 Å². The Morgan fingerprint density at radius 3 is 2.67 bits per heavy atom. The lowest BCUT2D eigenvalue weighted by Gasteiger charge is -2.34. The third-order valence-electron chi connectivity index (χ3n) is 5.08. The monoisotopic (exact) mass is 431 g/mol. The summed E-state index contributed by atoms with van der Waals surface area (Å²) >= 11 is 0. The minimum atomic E-state index is -3.49. The number of nitrogens with zero attached hydrogens (tertiary/aromatic N) is 3. The predicted molar refractivity (Wildman–Crippen MR) is 112 cm³/mol. The van der Waals surface area contributed by atoms with Gasteiger partial charge in [0, 0.05) is 49.8 Å². The van der Waals surface area contributed by atoms with E-state index >= 15 is 0 Å². The van der Waals surface area contributed by atoms with Gasteiger partial charge in [0.05, 0.1) is 5.75 Å². The molecule has 30 heavy (non-hydrogen) atoms. The van der Waals surface area contributed by atoms with E-state index in [0.717, 1.165) is 5.82 Å². The first kappa shape index (κ1) is 20.3. The Morgan fingerprint density at radius 1 is 1.13 bits per heavy atom. The van der Waals surface area contributed by atoms with Crippen LogP contribution in [0.25, 0.3) is 10.9 Å². The molecular formula is C20H22FN5O3S. The largest absolute Gasteiger partial charge is 0.354 e. The lowest BCUT2D eigenvalue weighted by molar-refractivity contribution is 0.0952. The number of nitrogens with one attached hydrogen (secondary N) is 2. The van der Waals surface area contributed by atoms with Crippen molar-refractivity contribution in [2.45, 2.75) is 0 Å². The number of carbonyl (C=O) groups excluding carboxylic acids is 1. The number of pyridine rings is 1. The zero-order chi connectivity index (χ0) is 21.1. The average molecular weight is 431 g/mol. The summed E-state index contributed by atoms with van der Waals surface area (Å²) in [6.07, 6.45) is 1.71. The molecule has 10 heteroatoms. The maximum Gasteiger partial charge on any atom is 0.267 e. The van der Waals surface area contributed by atoms with Gasteiger partial charge in [0.25, 0.3) is 5.91 Å². The van der Waals surface area contributed by atoms with Gasteiger partial charge >= 0.3 is 0 Å². The van der Waals surface area contributed by atoms with Gasteiger partial charge in [-0.1, -0.05) is 6.07 Å². The smallest absolute Gasteiger partial charge is 0.267 e. The van der Waals surface area contributed by atoms with Crippen LogP contribution in [-0.4, -0.2) is 67.1 Å². The van der Waals surface area contributed by atoms with E-state index in [0.29, 0.717) is 37.1 Å². The highest BCUT2D eigenvalue weighted by atomic mass is 32.2. The third-order valence-corrected chi connectivity index (χ3v) is 6.95. The minimum Gasteiger partial charge on any atom is -0.354 e. The highest BCUT2D eigenvalue weighted by Gasteiger charge is 2.27. The standard InChI is InChI=1S/C20H22FN5O3S/c21-16-4-5-17-15(13-16)14-18(24-17)20(27)23-7-12-30(28,29)26-10-8-25(9-11-26)19-3-1-2-6-22-19/h1-6,13-14,24H,7-12H2,(H,23,27). The summed E-state index contributed by atoms with van der Waals surface area (Å²) in [6.45, 7) is 1.87. The topological polar surface area (TPSA) is 98.4 Å². The van der Waals surface area contributed by atoms with E-state index in [9.17, 15) is 17.6 Å². The van der Waals surface area contributed by atoms with Crippen LogP contribution in [0.4, 0.5) is 10.2 Å². The first-order chi connectivity index (χ1) is 14.4. The molecule has 1 aromatic carbocycles. The van der Waals surface area contributed by atoms with Gasteiger partial charge in [0.1, 0.15) is 17.3 Å². The molecule has 1 aliphatic heterocycles. The maximum absolute atomic E-state index is 13.3. The zero-order valence-corrected chi connectivity index (χ0v) is 17.0. The molecule has 0 bridgehead atoms. The van der Waals surface area contributed by atoms with Gasteiger partial charge in [-0.05, 0) is 36.4 Å². The summed E-state index contributed by atoms with van der Waals surface area (Å²) in [6, 6.07) is 11.4. The number of sulfonamides is 1. The van der Waals surface area contributed by atoms with Gasteiger partial charge in [-0.3, -0.25) is 4.79 Å². The van der Waals surface area contributed by atoms with E-state index in [1.165, 1.54) is 16.4 Å². The number of aromatic amines is 1. The summed E-state index contributed by atoms with van der Waals surface area (Å²) < 4.78 is 40.0. The number of hydrogen-bond donors (Lipinski definition) is 2. The van der Waals surface area contributed by atoms with Crippen LogP contribution in [0.5, 0.6) is 0 Å². The molecule has 1 saturated heterocycles. The van der Waals surface area contributed by atoms with Gasteiger partial charge < -0.3 is 15.2 Å². The van der Waals surface area contributed by atoms with Crippen LogP contribution in [0, 0.1) is 5.82 Å². The average Bonchev–Trinajstić information content (AvgIpc) is 3.18. The Balaban J connectivity index is 1.29. The Labute approximate surface area is 173 Å². The Bertz CT molecular complexity index is 1140. The van der Waals surface area contributed by atoms with Crippen molar-refractivity contribution in [2.24, 2.45) is 0 Å². The van der Waals surface area contributed by atoms with Crippen LogP contribution in [0.2, 0.25) is 0 Å². The molecule has 2 aromatic heterocycles. The fourth-order valence-electron chi connectivity index (χ4n) is 3.48. The van der Waals surface area contributed by atoms with Crippen molar-refractivity contribution in [1.82, 2.24) is 19.6 Å². The van der Waals surface area contributed by atoms with Gasteiger partial charge in [-0.25, -0.2) is 17.8 Å². The Morgan fingerprint density at radius 2 is 1.93 bits per heavy atom. The van der Waals surface area contributed by atoms with Crippen molar-refractivity contribution in [3.05, 3.63) is 60.2 Å². The molecule has 0 radical (unpaired) electrons. The number of amides is 1. The van der Waals surface area contributed by atoms with Gasteiger partial charge in [-0.2, -0.15) is 4.31 Å². The number of aromatic nitrogens is 2. The van der Waals surface area contributed by atoms with Crippen molar-refractivity contribution in [3.8, 4) is 0 Å². The first-order valence-corrected chi connectivity index (χ1v) is 11.2. The minimum absolute atomic E-state index is 0.00858. The van der Waals surface area contributed by atoms with Crippen LogP contribution < -0.4 is 10.2 Å². The fraction of sp³-hybridized carbons (Fsp3) is 0.300. The quantitative estimate of drug-likeness (QED) is 0.618. The number of rotatable bonds is 6. The van der Waals surface area contributed by atoms with Crippen LogP contribution in [0.1, 0.15) is 10.5 Å².